The van der Waals surface area contributed by atoms with Gasteiger partial charge in [0.05, 0.1) is 26.8 Å². The molecule has 4 rings (SSSR count). The fourth-order valence-corrected chi connectivity index (χ4v) is 3.35. The van der Waals surface area contributed by atoms with Crippen LogP contribution in [0.5, 0.6) is 11.5 Å². The van der Waals surface area contributed by atoms with E-state index in [1.165, 1.54) is 12.1 Å². The molecule has 2 aromatic carbocycles. The number of benzene rings is 2. The number of rotatable bonds is 6. The molecule has 0 fully saturated rings. The number of imidazole rings is 1. The largest absolute Gasteiger partial charge is 0.493 e. The fraction of sp³-hybridized carbons (Fsp3) is 0.130. The molecular weight excluding hydrogens is 385 g/mol. The summed E-state index contributed by atoms with van der Waals surface area (Å²) in [5, 5.41) is 2.99. The van der Waals surface area contributed by atoms with Crippen molar-refractivity contribution in [1.29, 1.82) is 0 Å². The van der Waals surface area contributed by atoms with E-state index in [9.17, 15) is 9.18 Å². The van der Waals surface area contributed by atoms with Gasteiger partial charge < -0.3 is 9.47 Å². The van der Waals surface area contributed by atoms with Crippen molar-refractivity contribution in [2.24, 2.45) is 0 Å². The van der Waals surface area contributed by atoms with Gasteiger partial charge >= 0.3 is 0 Å². The van der Waals surface area contributed by atoms with Crippen LogP contribution in [-0.2, 0) is 11.2 Å². The van der Waals surface area contributed by atoms with Gasteiger partial charge in [-0.25, -0.2) is 14.1 Å². The van der Waals surface area contributed by atoms with Gasteiger partial charge in [-0.3, -0.25) is 9.78 Å². The lowest BCUT2D eigenvalue weighted by molar-refractivity contribution is -0.493. The minimum absolute atomic E-state index is 0.156. The van der Waals surface area contributed by atoms with Crippen molar-refractivity contribution < 1.29 is 23.1 Å². The number of aromatic nitrogens is 2. The standard InChI is InChI=1S/C23H20FN3O3/c1-29-18-11-6-15(13-19(18)30-2)14-21(28)26-23-22(16-7-9-17(24)10-8-16)25-20-5-3-4-12-27(20)23/h3-13H,14H2,1-2H3,(H,26,28)/p+1. The second-order valence-corrected chi connectivity index (χ2v) is 6.73. The van der Waals surface area contributed by atoms with Crippen molar-refractivity contribution in [3.63, 3.8) is 0 Å². The molecule has 0 saturated carbocycles. The summed E-state index contributed by atoms with van der Waals surface area (Å²) in [7, 11) is 3.12. The van der Waals surface area contributed by atoms with Gasteiger partial charge in [-0.15, -0.1) is 0 Å². The van der Waals surface area contributed by atoms with Crippen LogP contribution in [0.1, 0.15) is 5.56 Å². The molecule has 2 aromatic heterocycles. The van der Waals surface area contributed by atoms with Crippen molar-refractivity contribution in [2.75, 3.05) is 19.5 Å². The molecule has 0 bridgehead atoms. The SMILES string of the molecule is COc1ccc(CC(=O)Nc2c(-c3ccc(F)cc3)[nH]c3cccc[n+]23)cc1OC. The van der Waals surface area contributed by atoms with E-state index in [0.29, 0.717) is 23.0 Å². The number of carbonyl (C=O) groups is 1. The average molecular weight is 406 g/mol. The highest BCUT2D eigenvalue weighted by molar-refractivity contribution is 5.94. The molecule has 2 N–H and O–H groups in total. The van der Waals surface area contributed by atoms with Gasteiger partial charge in [-0.2, -0.15) is 0 Å². The third-order valence-corrected chi connectivity index (χ3v) is 4.79. The second kappa shape index (κ2) is 8.24. The molecule has 0 spiro atoms. The van der Waals surface area contributed by atoms with E-state index >= 15 is 0 Å². The van der Waals surface area contributed by atoms with Crippen molar-refractivity contribution >= 4 is 17.4 Å². The number of ether oxygens (including phenoxy) is 2. The zero-order valence-corrected chi connectivity index (χ0v) is 16.6. The van der Waals surface area contributed by atoms with Gasteiger partial charge in [-0.1, -0.05) is 12.1 Å². The predicted molar refractivity (Wildman–Crippen MR) is 111 cm³/mol. The summed E-state index contributed by atoms with van der Waals surface area (Å²) in [4.78, 5) is 16.1. The molecule has 2 heterocycles. The summed E-state index contributed by atoms with van der Waals surface area (Å²) in [6.45, 7) is 0. The second-order valence-electron chi connectivity index (χ2n) is 6.73. The Hall–Kier alpha value is -3.87. The van der Waals surface area contributed by atoms with Crippen LogP contribution in [0.25, 0.3) is 16.9 Å². The van der Waals surface area contributed by atoms with Crippen molar-refractivity contribution in [3.05, 3.63) is 78.2 Å². The molecule has 1 amide bonds. The fourth-order valence-electron chi connectivity index (χ4n) is 3.35. The maximum absolute atomic E-state index is 13.4. The third kappa shape index (κ3) is 3.82. The van der Waals surface area contributed by atoms with Crippen LogP contribution in [0, 0.1) is 5.82 Å². The molecule has 7 heteroatoms. The molecule has 0 aliphatic heterocycles. The van der Waals surface area contributed by atoms with E-state index in [1.54, 1.807) is 38.5 Å². The number of H-pyrrole nitrogens is 1. The number of hydrogen-bond donors (Lipinski definition) is 2. The van der Waals surface area contributed by atoms with Crippen LogP contribution in [0.3, 0.4) is 0 Å². The van der Waals surface area contributed by atoms with Crippen LogP contribution in [0.15, 0.2) is 66.9 Å². The lowest BCUT2D eigenvalue weighted by Crippen LogP contribution is -2.27. The number of pyridine rings is 1. The zero-order chi connectivity index (χ0) is 21.1. The van der Waals surface area contributed by atoms with Crippen LogP contribution in [-0.4, -0.2) is 25.1 Å². The Morgan fingerprint density at radius 3 is 2.53 bits per heavy atom. The number of carbonyl (C=O) groups excluding carboxylic acids is 1. The average Bonchev–Trinajstić information content (AvgIpc) is 3.12. The first-order chi connectivity index (χ1) is 14.6. The lowest BCUT2D eigenvalue weighted by Gasteiger charge is -2.09. The number of fused-ring (bicyclic) bond motifs is 1. The van der Waals surface area contributed by atoms with Gasteiger partial charge in [0.25, 0.3) is 11.7 Å². The number of hydrogen-bond acceptors (Lipinski definition) is 3. The Kier molecular flexibility index (Phi) is 5.34. The highest BCUT2D eigenvalue weighted by Crippen LogP contribution is 2.28. The van der Waals surface area contributed by atoms with E-state index in [1.807, 2.05) is 34.9 Å². The first-order valence-electron chi connectivity index (χ1n) is 9.38. The first kappa shape index (κ1) is 19.4. The Balaban J connectivity index is 1.65. The van der Waals surface area contributed by atoms with Gasteiger partial charge in [0, 0.05) is 11.6 Å². The Labute approximate surface area is 172 Å². The summed E-state index contributed by atoms with van der Waals surface area (Å²) in [5.41, 5.74) is 3.06. The van der Waals surface area contributed by atoms with E-state index in [-0.39, 0.29) is 18.1 Å². The van der Waals surface area contributed by atoms with Crippen molar-refractivity contribution in [1.82, 2.24) is 4.98 Å². The zero-order valence-electron chi connectivity index (χ0n) is 16.6. The molecule has 0 unspecified atom stereocenters. The van der Waals surface area contributed by atoms with Crippen molar-refractivity contribution in [2.45, 2.75) is 6.42 Å². The molecular formula is C23H21FN3O3+. The quantitative estimate of drug-likeness (QED) is 0.479. The number of halogens is 1. The van der Waals surface area contributed by atoms with Gasteiger partial charge in [0.15, 0.2) is 17.2 Å². The van der Waals surface area contributed by atoms with E-state index < -0.39 is 0 Å². The summed E-state index contributed by atoms with van der Waals surface area (Å²) in [6, 6.07) is 17.2. The Morgan fingerprint density at radius 1 is 1.03 bits per heavy atom. The minimum Gasteiger partial charge on any atom is -0.493 e. The predicted octanol–water partition coefficient (Wildman–Crippen LogP) is 3.76. The number of methoxy groups -OCH3 is 2. The molecule has 152 valence electrons. The number of nitrogens with zero attached hydrogens (tertiary/aromatic N) is 1. The molecule has 0 saturated heterocycles. The van der Waals surface area contributed by atoms with Gasteiger partial charge in [-0.05, 0) is 48.0 Å². The summed E-state index contributed by atoms with van der Waals surface area (Å²) < 4.78 is 25.8. The first-order valence-corrected chi connectivity index (χ1v) is 9.38. The minimum atomic E-state index is -0.318. The molecule has 6 nitrogen and oxygen atoms in total. The van der Waals surface area contributed by atoms with E-state index in [0.717, 1.165) is 16.8 Å². The molecule has 30 heavy (non-hydrogen) atoms. The molecule has 0 atom stereocenters. The van der Waals surface area contributed by atoms with Crippen LogP contribution < -0.4 is 19.2 Å². The van der Waals surface area contributed by atoms with Crippen LogP contribution in [0.4, 0.5) is 10.2 Å². The van der Waals surface area contributed by atoms with E-state index in [2.05, 4.69) is 10.3 Å². The van der Waals surface area contributed by atoms with Gasteiger partial charge in [0.2, 0.25) is 5.65 Å². The Morgan fingerprint density at radius 2 is 1.80 bits per heavy atom. The smallest absolute Gasteiger partial charge is 0.284 e. The van der Waals surface area contributed by atoms with Crippen molar-refractivity contribution in [3.8, 4) is 22.8 Å². The highest BCUT2D eigenvalue weighted by atomic mass is 19.1. The van der Waals surface area contributed by atoms with E-state index in [4.69, 9.17) is 9.47 Å². The Bertz CT molecular complexity index is 1200. The number of amides is 1. The third-order valence-electron chi connectivity index (χ3n) is 4.79. The summed E-state index contributed by atoms with van der Waals surface area (Å²) in [6.07, 6.45) is 2.01. The maximum Gasteiger partial charge on any atom is 0.284 e. The number of aromatic amines is 1. The number of anilines is 1. The summed E-state index contributed by atoms with van der Waals surface area (Å²) in [5.74, 6) is 1.25. The molecule has 4 aromatic rings. The maximum atomic E-state index is 13.4. The number of nitrogens with one attached hydrogen (secondary N) is 2. The van der Waals surface area contributed by atoms with Gasteiger partial charge in [0.1, 0.15) is 5.82 Å². The summed E-state index contributed by atoms with van der Waals surface area (Å²) >= 11 is 0. The molecule has 0 radical (unpaired) electrons. The normalized spacial score (nSPS) is 10.8. The molecule has 0 aliphatic carbocycles. The topological polar surface area (TPSA) is 67.5 Å². The monoisotopic (exact) mass is 406 g/mol. The lowest BCUT2D eigenvalue weighted by atomic mass is 10.1. The highest BCUT2D eigenvalue weighted by Gasteiger charge is 2.23. The molecule has 0 aliphatic rings. The van der Waals surface area contributed by atoms with Crippen LogP contribution >= 0.6 is 0 Å². The van der Waals surface area contributed by atoms with Crippen LogP contribution in [0.2, 0.25) is 0 Å².